The summed E-state index contributed by atoms with van der Waals surface area (Å²) in [6.07, 6.45) is 11.4. The molecular weight excluding hydrogens is 460 g/mol. The molecule has 7 heteroatoms. The van der Waals surface area contributed by atoms with Gasteiger partial charge in [0.25, 0.3) is 0 Å². The average molecular weight is 503 g/mol. The Morgan fingerprint density at radius 3 is 1.97 bits per heavy atom. The Labute approximate surface area is 216 Å². The van der Waals surface area contributed by atoms with E-state index >= 15 is 0 Å². The lowest BCUT2D eigenvalue weighted by atomic mass is 10.1. The highest BCUT2D eigenvalue weighted by Crippen LogP contribution is 2.33. The number of rotatable bonds is 20. The maximum absolute atomic E-state index is 5.97. The number of hydrogen-bond donors (Lipinski definition) is 1. The van der Waals surface area contributed by atoms with E-state index in [1.807, 2.05) is 49.4 Å². The lowest BCUT2D eigenvalue weighted by molar-refractivity contribution is 0.146. The minimum Gasteiger partial charge on any atom is -0.494 e. The van der Waals surface area contributed by atoms with E-state index in [1.54, 1.807) is 7.11 Å². The van der Waals surface area contributed by atoms with Crippen molar-refractivity contribution < 1.29 is 18.9 Å². The van der Waals surface area contributed by atoms with Crippen LogP contribution in [-0.2, 0) is 4.74 Å². The molecule has 6 nitrogen and oxygen atoms in total. The number of hydrogen-bond acceptors (Lipinski definition) is 7. The summed E-state index contributed by atoms with van der Waals surface area (Å²) < 4.78 is 22.4. The molecule has 194 valence electrons. The molecule has 0 heterocycles. The van der Waals surface area contributed by atoms with Gasteiger partial charge in [-0.05, 0) is 61.9 Å². The highest BCUT2D eigenvalue weighted by Gasteiger charge is 2.07. The lowest BCUT2D eigenvalue weighted by Gasteiger charge is -2.11. The molecule has 0 unspecified atom stereocenters. The number of unbranched alkanes of at least 4 members (excludes halogenated alkanes) is 8. The number of thiol groups is 1. The van der Waals surface area contributed by atoms with E-state index in [9.17, 15) is 0 Å². The molecule has 0 N–H and O–H groups in total. The van der Waals surface area contributed by atoms with E-state index < -0.39 is 0 Å². The zero-order chi connectivity index (χ0) is 25.0. The van der Waals surface area contributed by atoms with Crippen LogP contribution in [0.1, 0.15) is 64.7 Å². The normalized spacial score (nSPS) is 11.2. The highest BCUT2D eigenvalue weighted by atomic mass is 32.1. The van der Waals surface area contributed by atoms with E-state index in [2.05, 4.69) is 22.9 Å². The molecule has 2 aromatic rings. The van der Waals surface area contributed by atoms with Crippen LogP contribution in [0.15, 0.2) is 52.7 Å². The highest BCUT2D eigenvalue weighted by molar-refractivity contribution is 7.80. The second-order valence-corrected chi connectivity index (χ2v) is 8.80. The summed E-state index contributed by atoms with van der Waals surface area (Å²) in [6.45, 7) is 4.22. The minimum absolute atomic E-state index is 0.431. The predicted molar refractivity (Wildman–Crippen MR) is 147 cm³/mol. The smallest absolute Gasteiger partial charge is 0.150 e. The second kappa shape index (κ2) is 19.0. The van der Waals surface area contributed by atoms with E-state index in [-0.39, 0.29) is 0 Å². The molecule has 35 heavy (non-hydrogen) atoms. The van der Waals surface area contributed by atoms with Crippen molar-refractivity contribution in [3.8, 4) is 17.2 Å². The van der Waals surface area contributed by atoms with Gasteiger partial charge in [0, 0.05) is 13.2 Å². The Kier molecular flexibility index (Phi) is 15.7. The molecule has 0 spiro atoms. The van der Waals surface area contributed by atoms with Gasteiger partial charge in [-0.2, -0.15) is 17.7 Å². The molecule has 0 aromatic heterocycles. The van der Waals surface area contributed by atoms with E-state index in [0.717, 1.165) is 29.4 Å². The Morgan fingerprint density at radius 1 is 0.657 bits per heavy atom. The van der Waals surface area contributed by atoms with Gasteiger partial charge in [-0.1, -0.05) is 44.9 Å². The summed E-state index contributed by atoms with van der Waals surface area (Å²) in [5.41, 5.74) is 1.39. The first-order valence-corrected chi connectivity index (χ1v) is 13.5. The molecule has 0 saturated heterocycles. The summed E-state index contributed by atoms with van der Waals surface area (Å²) in [7, 11) is 1.65. The third-order valence-electron chi connectivity index (χ3n) is 5.47. The largest absolute Gasteiger partial charge is 0.494 e. The van der Waals surface area contributed by atoms with Gasteiger partial charge in [-0.3, -0.25) is 0 Å². The van der Waals surface area contributed by atoms with Gasteiger partial charge in [-0.15, -0.1) is 5.11 Å². The minimum atomic E-state index is 0.431. The first-order valence-electron chi connectivity index (χ1n) is 12.9. The van der Waals surface area contributed by atoms with E-state index in [1.165, 1.54) is 51.4 Å². The van der Waals surface area contributed by atoms with Crippen LogP contribution >= 0.6 is 12.6 Å². The van der Waals surface area contributed by atoms with Gasteiger partial charge in [0.05, 0.1) is 25.5 Å². The monoisotopic (exact) mass is 502 g/mol. The third kappa shape index (κ3) is 12.9. The molecule has 0 aliphatic rings. The van der Waals surface area contributed by atoms with Crippen molar-refractivity contribution in [1.82, 2.24) is 0 Å². The van der Waals surface area contributed by atoms with Gasteiger partial charge in [0.2, 0.25) is 0 Å². The molecule has 2 rings (SSSR count). The van der Waals surface area contributed by atoms with Gasteiger partial charge >= 0.3 is 0 Å². The maximum atomic E-state index is 5.97. The van der Waals surface area contributed by atoms with Crippen molar-refractivity contribution in [3.63, 3.8) is 0 Å². The molecule has 0 atom stereocenters. The Balaban J connectivity index is 1.80. The van der Waals surface area contributed by atoms with Crippen molar-refractivity contribution in [2.24, 2.45) is 10.2 Å². The number of methoxy groups -OCH3 is 1. The number of azo groups is 1. The van der Waals surface area contributed by atoms with Crippen molar-refractivity contribution in [2.45, 2.75) is 64.7 Å². The first-order chi connectivity index (χ1) is 17.3. The predicted octanol–water partition coefficient (Wildman–Crippen LogP) is 8.35. The quantitative estimate of drug-likeness (QED) is 0.112. The number of benzene rings is 2. The molecule has 0 aliphatic heterocycles. The molecule has 0 fully saturated rings. The molecule has 0 saturated carbocycles. The van der Waals surface area contributed by atoms with Crippen LogP contribution < -0.4 is 14.2 Å². The van der Waals surface area contributed by atoms with Gasteiger partial charge in [-0.25, -0.2) is 0 Å². The standard InChI is InChI=1S/C28H42N2O4S/c1-3-32-25-15-13-24(14-16-25)29-30-27-18-17-26(23-28(27)34-21-20-31-2)33-19-11-9-7-5-4-6-8-10-12-22-35/h13-18,23,35H,3-12,19-22H2,1-2H3. The zero-order valence-corrected chi connectivity index (χ0v) is 22.3. The number of ether oxygens (including phenoxy) is 4. The van der Waals surface area contributed by atoms with Crippen LogP contribution in [-0.4, -0.2) is 39.3 Å². The van der Waals surface area contributed by atoms with Crippen molar-refractivity contribution in [3.05, 3.63) is 42.5 Å². The fraction of sp³-hybridized carbons (Fsp3) is 0.571. The van der Waals surface area contributed by atoms with Crippen LogP contribution in [0.3, 0.4) is 0 Å². The summed E-state index contributed by atoms with van der Waals surface area (Å²) in [5, 5.41) is 8.73. The summed E-state index contributed by atoms with van der Waals surface area (Å²) in [5.74, 6) is 3.24. The van der Waals surface area contributed by atoms with Crippen molar-refractivity contribution in [1.29, 1.82) is 0 Å². The van der Waals surface area contributed by atoms with Crippen LogP contribution in [0.4, 0.5) is 11.4 Å². The molecular formula is C28H42N2O4S. The van der Waals surface area contributed by atoms with Crippen LogP contribution in [0.2, 0.25) is 0 Å². The average Bonchev–Trinajstić information content (AvgIpc) is 2.88. The summed E-state index contributed by atoms with van der Waals surface area (Å²) >= 11 is 4.26. The fourth-order valence-electron chi connectivity index (χ4n) is 3.55. The van der Waals surface area contributed by atoms with Crippen LogP contribution in [0, 0.1) is 0 Å². The fourth-order valence-corrected chi connectivity index (χ4v) is 3.77. The van der Waals surface area contributed by atoms with Crippen molar-refractivity contribution in [2.75, 3.05) is 39.3 Å². The van der Waals surface area contributed by atoms with Gasteiger partial charge < -0.3 is 18.9 Å². The SMILES string of the molecule is CCOc1ccc(N=Nc2ccc(OCCCCCCCCCCCS)cc2OCCOC)cc1. The molecule has 0 bridgehead atoms. The van der Waals surface area contributed by atoms with Crippen LogP contribution in [0.5, 0.6) is 17.2 Å². The van der Waals surface area contributed by atoms with Crippen molar-refractivity contribution >= 4 is 24.0 Å². The lowest BCUT2D eigenvalue weighted by Crippen LogP contribution is -2.05. The van der Waals surface area contributed by atoms with Gasteiger partial charge in [0.1, 0.15) is 23.8 Å². The topological polar surface area (TPSA) is 61.6 Å². The third-order valence-corrected chi connectivity index (χ3v) is 5.78. The number of nitrogens with zero attached hydrogens (tertiary/aromatic N) is 2. The Hall–Kier alpha value is -2.25. The first kappa shape index (κ1) is 29.0. The second-order valence-electron chi connectivity index (χ2n) is 8.35. The van der Waals surface area contributed by atoms with E-state index in [4.69, 9.17) is 18.9 Å². The van der Waals surface area contributed by atoms with Crippen LogP contribution in [0.25, 0.3) is 0 Å². The Bertz CT molecular complexity index is 830. The molecule has 0 radical (unpaired) electrons. The maximum Gasteiger partial charge on any atom is 0.150 e. The van der Waals surface area contributed by atoms with E-state index in [0.29, 0.717) is 37.9 Å². The molecule has 0 amide bonds. The summed E-state index contributed by atoms with van der Waals surface area (Å²) in [6, 6.07) is 13.2. The summed E-state index contributed by atoms with van der Waals surface area (Å²) in [4.78, 5) is 0. The molecule has 0 aliphatic carbocycles. The van der Waals surface area contributed by atoms with Gasteiger partial charge in [0.15, 0.2) is 5.75 Å². The Morgan fingerprint density at radius 2 is 1.31 bits per heavy atom. The zero-order valence-electron chi connectivity index (χ0n) is 21.4. The molecule has 2 aromatic carbocycles.